The van der Waals surface area contributed by atoms with Crippen LogP contribution in [0.25, 0.3) is 5.65 Å². The quantitative estimate of drug-likeness (QED) is 0.795. The van der Waals surface area contributed by atoms with Crippen LogP contribution in [0.3, 0.4) is 0 Å². The van der Waals surface area contributed by atoms with Gasteiger partial charge in [-0.05, 0) is 12.1 Å². The van der Waals surface area contributed by atoms with E-state index < -0.39 is 18.2 Å². The van der Waals surface area contributed by atoms with Gasteiger partial charge in [0.25, 0.3) is 0 Å². The van der Waals surface area contributed by atoms with Gasteiger partial charge in [-0.25, -0.2) is 4.98 Å². The number of likely N-dealkylation sites (N-methyl/N-ethyl adjacent to an activating group) is 1. The maximum absolute atomic E-state index is 12.4. The topological polar surface area (TPSA) is 87.3 Å². The summed E-state index contributed by atoms with van der Waals surface area (Å²) in [6.45, 7) is 0.303. The van der Waals surface area contributed by atoms with Gasteiger partial charge in [0.15, 0.2) is 0 Å². The number of pyridine rings is 1. The highest BCUT2D eigenvalue weighted by molar-refractivity contribution is 5.78. The highest BCUT2D eigenvalue weighted by atomic mass is 16.5. The molecule has 22 heavy (non-hydrogen) atoms. The summed E-state index contributed by atoms with van der Waals surface area (Å²) in [5.41, 5.74) is 1.44. The number of nitrogens with zero attached hydrogens (tertiary/aromatic N) is 3. The van der Waals surface area contributed by atoms with Crippen molar-refractivity contribution in [3.63, 3.8) is 0 Å². The number of hydrogen-bond donors (Lipinski definition) is 2. The lowest BCUT2D eigenvalue weighted by molar-refractivity contribution is -0.152. The zero-order chi connectivity index (χ0) is 15.7. The van der Waals surface area contributed by atoms with Gasteiger partial charge in [0.2, 0.25) is 5.91 Å². The number of aliphatic hydroxyl groups is 2. The van der Waals surface area contributed by atoms with E-state index in [4.69, 9.17) is 4.74 Å². The van der Waals surface area contributed by atoms with Crippen molar-refractivity contribution in [1.29, 1.82) is 0 Å². The molecule has 1 fully saturated rings. The molecule has 1 amide bonds. The number of ether oxygens (including phenoxy) is 1. The van der Waals surface area contributed by atoms with Gasteiger partial charge in [-0.15, -0.1) is 0 Å². The Hall–Kier alpha value is -1.96. The summed E-state index contributed by atoms with van der Waals surface area (Å²) < 4.78 is 7.06. The van der Waals surface area contributed by atoms with Crippen LogP contribution in [0.1, 0.15) is 5.69 Å². The number of carbonyl (C=O) groups is 1. The molecule has 0 unspecified atom stereocenters. The van der Waals surface area contributed by atoms with Crippen LogP contribution in [0.4, 0.5) is 0 Å². The van der Waals surface area contributed by atoms with E-state index in [-0.39, 0.29) is 25.5 Å². The number of fused-ring (bicyclic) bond motifs is 1. The van der Waals surface area contributed by atoms with Crippen molar-refractivity contribution in [2.24, 2.45) is 0 Å². The van der Waals surface area contributed by atoms with Crippen molar-refractivity contribution in [1.82, 2.24) is 14.3 Å². The lowest BCUT2D eigenvalue weighted by atomic mass is 10.0. The first-order valence-corrected chi connectivity index (χ1v) is 7.18. The summed E-state index contributed by atoms with van der Waals surface area (Å²) in [5, 5.41) is 19.6. The van der Waals surface area contributed by atoms with E-state index in [1.54, 1.807) is 7.05 Å². The molecule has 2 aromatic rings. The molecule has 3 rings (SSSR count). The molecular formula is C15H19N3O4. The second kappa shape index (κ2) is 6.04. The molecular weight excluding hydrogens is 286 g/mol. The smallest absolute Gasteiger partial charge is 0.228 e. The molecule has 0 radical (unpaired) electrons. The van der Waals surface area contributed by atoms with E-state index in [0.29, 0.717) is 5.69 Å². The average Bonchev–Trinajstić information content (AvgIpc) is 2.91. The fraction of sp³-hybridized carbons (Fsp3) is 0.467. The number of amides is 1. The lowest BCUT2D eigenvalue weighted by Crippen LogP contribution is -2.56. The number of aromatic nitrogens is 2. The highest BCUT2D eigenvalue weighted by Gasteiger charge is 2.35. The Labute approximate surface area is 127 Å². The molecule has 1 aliphatic heterocycles. The highest BCUT2D eigenvalue weighted by Crippen LogP contribution is 2.15. The SMILES string of the molecule is CN(C(=O)Cc1cn2ccccc2n1)[C@@H]1COC[C@@H](O)[C@H]1O. The minimum atomic E-state index is -0.997. The number of hydrogen-bond acceptors (Lipinski definition) is 5. The molecule has 3 atom stereocenters. The molecule has 0 aliphatic carbocycles. The Morgan fingerprint density at radius 2 is 2.27 bits per heavy atom. The van der Waals surface area contributed by atoms with Gasteiger partial charge >= 0.3 is 0 Å². The third kappa shape index (κ3) is 2.83. The average molecular weight is 305 g/mol. The summed E-state index contributed by atoms with van der Waals surface area (Å²) in [6, 6.07) is 5.10. The molecule has 0 saturated carbocycles. The van der Waals surface area contributed by atoms with E-state index in [2.05, 4.69) is 4.98 Å². The van der Waals surface area contributed by atoms with Crippen LogP contribution in [-0.2, 0) is 16.0 Å². The molecule has 1 aliphatic rings. The first-order chi connectivity index (χ1) is 10.6. The molecule has 0 aromatic carbocycles. The maximum Gasteiger partial charge on any atom is 0.228 e. The van der Waals surface area contributed by atoms with Crippen LogP contribution in [-0.4, -0.2) is 68.9 Å². The fourth-order valence-corrected chi connectivity index (χ4v) is 2.64. The van der Waals surface area contributed by atoms with E-state index in [1.165, 1.54) is 4.90 Å². The first kappa shape index (κ1) is 15.0. The Morgan fingerprint density at radius 3 is 3.05 bits per heavy atom. The van der Waals surface area contributed by atoms with Crippen LogP contribution < -0.4 is 0 Å². The Morgan fingerprint density at radius 1 is 1.45 bits per heavy atom. The van der Waals surface area contributed by atoms with E-state index in [0.717, 1.165) is 5.65 Å². The van der Waals surface area contributed by atoms with Crippen LogP contribution in [0.5, 0.6) is 0 Å². The second-order valence-corrected chi connectivity index (χ2v) is 5.54. The van der Waals surface area contributed by atoms with E-state index >= 15 is 0 Å². The third-order valence-electron chi connectivity index (χ3n) is 4.00. The second-order valence-electron chi connectivity index (χ2n) is 5.54. The molecule has 7 heteroatoms. The van der Waals surface area contributed by atoms with Crippen molar-refractivity contribution in [2.45, 2.75) is 24.7 Å². The summed E-state index contributed by atoms with van der Waals surface area (Å²) in [4.78, 5) is 18.2. The number of imidazole rings is 1. The summed E-state index contributed by atoms with van der Waals surface area (Å²) >= 11 is 0. The largest absolute Gasteiger partial charge is 0.388 e. The molecule has 2 N–H and O–H groups in total. The summed E-state index contributed by atoms with van der Waals surface area (Å²) in [5.74, 6) is -0.176. The minimum absolute atomic E-state index is 0.0894. The van der Waals surface area contributed by atoms with Gasteiger partial charge in [-0.1, -0.05) is 6.07 Å². The van der Waals surface area contributed by atoms with Gasteiger partial charge in [0, 0.05) is 19.4 Å². The molecule has 7 nitrogen and oxygen atoms in total. The zero-order valence-corrected chi connectivity index (χ0v) is 12.3. The van der Waals surface area contributed by atoms with Gasteiger partial charge in [0.1, 0.15) is 17.9 Å². The molecule has 2 aromatic heterocycles. The number of rotatable bonds is 3. The Balaban J connectivity index is 1.70. The Bertz CT molecular complexity index is 639. The monoisotopic (exact) mass is 305 g/mol. The van der Waals surface area contributed by atoms with Crippen molar-refractivity contribution >= 4 is 11.6 Å². The molecule has 0 spiro atoms. The maximum atomic E-state index is 12.4. The van der Waals surface area contributed by atoms with E-state index in [9.17, 15) is 15.0 Å². The Kier molecular flexibility index (Phi) is 4.10. The van der Waals surface area contributed by atoms with E-state index in [1.807, 2.05) is 35.0 Å². The van der Waals surface area contributed by atoms with Crippen molar-refractivity contribution < 1.29 is 19.7 Å². The molecule has 118 valence electrons. The molecule has 3 heterocycles. The normalized spacial score (nSPS) is 25.3. The zero-order valence-electron chi connectivity index (χ0n) is 12.3. The summed E-state index contributed by atoms with van der Waals surface area (Å²) in [7, 11) is 1.60. The van der Waals surface area contributed by atoms with Crippen LogP contribution in [0, 0.1) is 0 Å². The van der Waals surface area contributed by atoms with Gasteiger partial charge in [0.05, 0.1) is 31.4 Å². The van der Waals surface area contributed by atoms with Gasteiger partial charge < -0.3 is 24.3 Å². The molecule has 0 bridgehead atoms. The van der Waals surface area contributed by atoms with Gasteiger partial charge in [-0.3, -0.25) is 4.79 Å². The number of aliphatic hydroxyl groups excluding tert-OH is 2. The third-order valence-corrected chi connectivity index (χ3v) is 4.00. The molecule has 1 saturated heterocycles. The van der Waals surface area contributed by atoms with Crippen LogP contribution in [0.2, 0.25) is 0 Å². The minimum Gasteiger partial charge on any atom is -0.388 e. The predicted molar refractivity (Wildman–Crippen MR) is 78.3 cm³/mol. The lowest BCUT2D eigenvalue weighted by Gasteiger charge is -2.37. The van der Waals surface area contributed by atoms with Crippen LogP contribution in [0.15, 0.2) is 30.6 Å². The fourth-order valence-electron chi connectivity index (χ4n) is 2.64. The summed E-state index contributed by atoms with van der Waals surface area (Å²) in [6.07, 6.45) is 1.85. The van der Waals surface area contributed by atoms with Crippen LogP contribution >= 0.6 is 0 Å². The number of carbonyl (C=O) groups excluding carboxylic acids is 1. The van der Waals surface area contributed by atoms with Crippen molar-refractivity contribution in [3.05, 3.63) is 36.3 Å². The van der Waals surface area contributed by atoms with Crippen molar-refractivity contribution in [2.75, 3.05) is 20.3 Å². The predicted octanol–water partition coefficient (Wildman–Crippen LogP) is -0.544. The standard InChI is InChI=1S/C15H19N3O4/c1-17(11-8-22-9-12(19)15(11)21)14(20)6-10-7-18-5-3-2-4-13(18)16-10/h2-5,7,11-12,15,19,21H,6,8-9H2,1H3/t11-,12-,15+/m1/s1. The van der Waals surface area contributed by atoms with Gasteiger partial charge in [-0.2, -0.15) is 0 Å². The first-order valence-electron chi connectivity index (χ1n) is 7.18. The van der Waals surface area contributed by atoms with Crippen molar-refractivity contribution in [3.8, 4) is 0 Å².